The molecule has 0 atom stereocenters. The van der Waals surface area contributed by atoms with Crippen molar-refractivity contribution < 1.29 is 4.74 Å². The van der Waals surface area contributed by atoms with E-state index in [1.54, 1.807) is 7.11 Å². The maximum Gasteiger partial charge on any atom is 0.126 e. The predicted molar refractivity (Wildman–Crippen MR) is 73.1 cm³/mol. The monoisotopic (exact) mass is 312 g/mol. The van der Waals surface area contributed by atoms with Gasteiger partial charge in [-0.3, -0.25) is 0 Å². The van der Waals surface area contributed by atoms with Gasteiger partial charge < -0.3 is 4.74 Å². The van der Waals surface area contributed by atoms with Crippen LogP contribution in [0.15, 0.2) is 36.4 Å². The van der Waals surface area contributed by atoms with E-state index < -0.39 is 0 Å². The van der Waals surface area contributed by atoms with Gasteiger partial charge in [0.05, 0.1) is 7.11 Å². The SMILES string of the molecule is COc1ccc(CCI)c2ccccc12. The summed E-state index contributed by atoms with van der Waals surface area (Å²) in [5.74, 6) is 0.961. The average molecular weight is 312 g/mol. The molecule has 0 heterocycles. The van der Waals surface area contributed by atoms with Crippen LogP contribution in [-0.4, -0.2) is 11.5 Å². The largest absolute Gasteiger partial charge is 0.496 e. The van der Waals surface area contributed by atoms with Crippen LogP contribution in [-0.2, 0) is 6.42 Å². The molecular weight excluding hydrogens is 299 g/mol. The first-order chi connectivity index (χ1) is 7.36. The van der Waals surface area contributed by atoms with E-state index in [4.69, 9.17) is 4.74 Å². The molecular formula is C13H13IO. The Morgan fingerprint density at radius 2 is 1.80 bits per heavy atom. The lowest BCUT2D eigenvalue weighted by Crippen LogP contribution is -1.91. The minimum absolute atomic E-state index is 0.961. The Hall–Kier alpha value is -0.770. The second kappa shape index (κ2) is 4.84. The van der Waals surface area contributed by atoms with E-state index in [9.17, 15) is 0 Å². The second-order valence-corrected chi connectivity index (χ2v) is 4.49. The summed E-state index contributed by atoms with van der Waals surface area (Å²) < 4.78 is 6.51. The summed E-state index contributed by atoms with van der Waals surface area (Å²) in [6, 6.07) is 12.6. The van der Waals surface area contributed by atoms with Crippen molar-refractivity contribution in [3.63, 3.8) is 0 Å². The molecule has 2 rings (SSSR count). The number of fused-ring (bicyclic) bond motifs is 1. The first kappa shape index (κ1) is 10.7. The van der Waals surface area contributed by atoms with Crippen LogP contribution in [0.5, 0.6) is 5.75 Å². The van der Waals surface area contributed by atoms with Crippen molar-refractivity contribution in [2.75, 3.05) is 11.5 Å². The van der Waals surface area contributed by atoms with Crippen LogP contribution in [0.4, 0.5) is 0 Å². The number of rotatable bonds is 3. The Morgan fingerprint density at radius 1 is 1.07 bits per heavy atom. The Balaban J connectivity index is 2.66. The van der Waals surface area contributed by atoms with Crippen LogP contribution in [0.25, 0.3) is 10.8 Å². The quantitative estimate of drug-likeness (QED) is 0.618. The molecule has 0 aromatic heterocycles. The molecule has 2 heteroatoms. The number of hydrogen-bond donors (Lipinski definition) is 0. The van der Waals surface area contributed by atoms with Crippen LogP contribution < -0.4 is 4.74 Å². The molecule has 0 spiro atoms. The molecule has 1 nitrogen and oxygen atoms in total. The Labute approximate surface area is 104 Å². The number of ether oxygens (including phenoxy) is 1. The normalized spacial score (nSPS) is 10.5. The third-order valence-corrected chi connectivity index (χ3v) is 3.10. The Morgan fingerprint density at radius 3 is 2.47 bits per heavy atom. The van der Waals surface area contributed by atoms with E-state index in [0.717, 1.165) is 16.6 Å². The number of hydrogen-bond acceptors (Lipinski definition) is 1. The van der Waals surface area contributed by atoms with Crippen LogP contribution in [0, 0.1) is 0 Å². The van der Waals surface area contributed by atoms with Gasteiger partial charge in [-0.25, -0.2) is 0 Å². The fourth-order valence-electron chi connectivity index (χ4n) is 1.83. The zero-order valence-electron chi connectivity index (χ0n) is 8.66. The van der Waals surface area contributed by atoms with E-state index in [-0.39, 0.29) is 0 Å². The molecule has 78 valence electrons. The number of benzene rings is 2. The maximum absolute atomic E-state index is 5.36. The number of methoxy groups -OCH3 is 1. The zero-order chi connectivity index (χ0) is 10.7. The van der Waals surface area contributed by atoms with E-state index in [0.29, 0.717) is 0 Å². The smallest absolute Gasteiger partial charge is 0.126 e. The summed E-state index contributed by atoms with van der Waals surface area (Å²) in [5, 5.41) is 2.52. The van der Waals surface area contributed by atoms with Crippen molar-refractivity contribution in [3.8, 4) is 5.75 Å². The molecule has 0 saturated carbocycles. The van der Waals surface area contributed by atoms with Crippen molar-refractivity contribution in [1.29, 1.82) is 0 Å². The molecule has 0 aliphatic carbocycles. The van der Waals surface area contributed by atoms with Crippen LogP contribution in [0.3, 0.4) is 0 Å². The Bertz CT molecular complexity index is 465. The van der Waals surface area contributed by atoms with Gasteiger partial charge in [-0.15, -0.1) is 0 Å². The summed E-state index contributed by atoms with van der Waals surface area (Å²) >= 11 is 2.41. The van der Waals surface area contributed by atoms with Crippen molar-refractivity contribution in [2.24, 2.45) is 0 Å². The highest BCUT2D eigenvalue weighted by atomic mass is 127. The Kier molecular flexibility index (Phi) is 3.46. The standard InChI is InChI=1S/C13H13IO/c1-15-13-7-6-10(8-9-14)11-4-2-3-5-12(11)13/h2-7H,8-9H2,1H3. The number of halogens is 1. The topological polar surface area (TPSA) is 9.23 Å². The van der Waals surface area contributed by atoms with Gasteiger partial charge in [0.25, 0.3) is 0 Å². The molecule has 0 aliphatic rings. The maximum atomic E-state index is 5.36. The lowest BCUT2D eigenvalue weighted by atomic mass is 10.0. The zero-order valence-corrected chi connectivity index (χ0v) is 10.8. The third-order valence-electron chi connectivity index (χ3n) is 2.56. The van der Waals surface area contributed by atoms with Gasteiger partial charge >= 0.3 is 0 Å². The van der Waals surface area contributed by atoms with Crippen LogP contribution in [0.1, 0.15) is 5.56 Å². The third kappa shape index (κ3) is 2.09. The van der Waals surface area contributed by atoms with E-state index >= 15 is 0 Å². The molecule has 0 bridgehead atoms. The second-order valence-electron chi connectivity index (χ2n) is 3.41. The highest BCUT2D eigenvalue weighted by molar-refractivity contribution is 14.1. The molecule has 0 amide bonds. The summed E-state index contributed by atoms with van der Waals surface area (Å²) in [4.78, 5) is 0. The summed E-state index contributed by atoms with van der Waals surface area (Å²) in [7, 11) is 1.72. The van der Waals surface area contributed by atoms with Crippen LogP contribution in [0.2, 0.25) is 0 Å². The predicted octanol–water partition coefficient (Wildman–Crippen LogP) is 3.83. The van der Waals surface area contributed by atoms with Crippen molar-refractivity contribution in [1.82, 2.24) is 0 Å². The average Bonchev–Trinajstić information content (AvgIpc) is 2.30. The van der Waals surface area contributed by atoms with Crippen molar-refractivity contribution in [3.05, 3.63) is 42.0 Å². The van der Waals surface area contributed by atoms with Crippen molar-refractivity contribution >= 4 is 33.4 Å². The van der Waals surface area contributed by atoms with E-state index in [1.165, 1.54) is 16.3 Å². The molecule has 0 saturated heterocycles. The molecule has 2 aromatic carbocycles. The van der Waals surface area contributed by atoms with Gasteiger partial charge in [-0.05, 0) is 23.4 Å². The summed E-state index contributed by atoms with van der Waals surface area (Å²) in [6.07, 6.45) is 1.12. The van der Waals surface area contributed by atoms with Gasteiger partial charge in [-0.1, -0.05) is 52.9 Å². The van der Waals surface area contributed by atoms with E-state index in [1.807, 2.05) is 0 Å². The van der Waals surface area contributed by atoms with Gasteiger partial charge in [0.2, 0.25) is 0 Å². The van der Waals surface area contributed by atoms with Crippen LogP contribution >= 0.6 is 22.6 Å². The molecule has 0 unspecified atom stereocenters. The van der Waals surface area contributed by atoms with Crippen molar-refractivity contribution in [2.45, 2.75) is 6.42 Å². The first-order valence-corrected chi connectivity index (χ1v) is 6.50. The summed E-state index contributed by atoms with van der Waals surface area (Å²) in [5.41, 5.74) is 1.40. The molecule has 15 heavy (non-hydrogen) atoms. The lowest BCUT2D eigenvalue weighted by Gasteiger charge is -2.09. The van der Waals surface area contributed by atoms with Gasteiger partial charge in [0.1, 0.15) is 5.75 Å². The van der Waals surface area contributed by atoms with Gasteiger partial charge in [0.15, 0.2) is 0 Å². The number of aryl methyl sites for hydroxylation is 1. The van der Waals surface area contributed by atoms with E-state index in [2.05, 4.69) is 59.0 Å². The summed E-state index contributed by atoms with van der Waals surface area (Å²) in [6.45, 7) is 0. The first-order valence-electron chi connectivity index (χ1n) is 4.97. The fraction of sp³-hybridized carbons (Fsp3) is 0.231. The van der Waals surface area contributed by atoms with Gasteiger partial charge in [0, 0.05) is 9.81 Å². The minimum atomic E-state index is 0.961. The fourth-order valence-corrected chi connectivity index (χ4v) is 2.41. The highest BCUT2D eigenvalue weighted by Crippen LogP contribution is 2.28. The lowest BCUT2D eigenvalue weighted by molar-refractivity contribution is 0.419. The minimum Gasteiger partial charge on any atom is -0.496 e. The molecule has 0 radical (unpaired) electrons. The number of alkyl halides is 1. The molecule has 0 fully saturated rings. The molecule has 2 aromatic rings. The molecule has 0 N–H and O–H groups in total. The van der Waals surface area contributed by atoms with Gasteiger partial charge in [-0.2, -0.15) is 0 Å². The highest BCUT2D eigenvalue weighted by Gasteiger charge is 2.04. The molecule has 0 aliphatic heterocycles.